The lowest BCUT2D eigenvalue weighted by Gasteiger charge is -2.33. The van der Waals surface area contributed by atoms with Crippen molar-refractivity contribution in [3.05, 3.63) is 24.5 Å². The highest BCUT2D eigenvalue weighted by Crippen LogP contribution is 2.13. The number of piperazine rings is 1. The van der Waals surface area contributed by atoms with Crippen molar-refractivity contribution < 1.29 is 4.57 Å². The minimum absolute atomic E-state index is 0.543. The quantitative estimate of drug-likeness (QED) is 0.696. The van der Waals surface area contributed by atoms with Crippen LogP contribution in [0.25, 0.3) is 0 Å². The van der Waals surface area contributed by atoms with Crippen molar-refractivity contribution in [1.82, 2.24) is 4.90 Å². The van der Waals surface area contributed by atoms with Crippen LogP contribution < -0.4 is 9.47 Å². The number of likely N-dealkylation sites (N-methyl/N-ethyl adjacent to an activating group) is 1. The molecule has 3 heteroatoms. The molecule has 0 aromatic carbocycles. The lowest BCUT2D eigenvalue weighted by molar-refractivity contribution is -0.716. The van der Waals surface area contributed by atoms with E-state index in [0.29, 0.717) is 6.04 Å². The van der Waals surface area contributed by atoms with E-state index in [-0.39, 0.29) is 0 Å². The van der Waals surface area contributed by atoms with E-state index in [4.69, 9.17) is 0 Å². The van der Waals surface area contributed by atoms with Gasteiger partial charge >= 0.3 is 0 Å². The van der Waals surface area contributed by atoms with Gasteiger partial charge in [-0.2, -0.15) is 0 Å². The fourth-order valence-corrected chi connectivity index (χ4v) is 2.05. The first-order valence-electron chi connectivity index (χ1n) is 6.11. The Morgan fingerprint density at radius 2 is 1.62 bits per heavy atom. The fourth-order valence-electron chi connectivity index (χ4n) is 2.05. The van der Waals surface area contributed by atoms with Gasteiger partial charge in [-0.1, -0.05) is 0 Å². The normalized spacial score (nSPS) is 18.1. The summed E-state index contributed by atoms with van der Waals surface area (Å²) in [7, 11) is 2.19. The van der Waals surface area contributed by atoms with Crippen molar-refractivity contribution >= 4 is 5.69 Å². The monoisotopic (exact) mass is 220 g/mol. The number of nitrogens with zero attached hydrogens (tertiary/aromatic N) is 3. The van der Waals surface area contributed by atoms with Crippen LogP contribution in [0.15, 0.2) is 24.5 Å². The van der Waals surface area contributed by atoms with Gasteiger partial charge in [0.1, 0.15) is 0 Å². The Morgan fingerprint density at radius 1 is 1.06 bits per heavy atom. The Labute approximate surface area is 98.3 Å². The summed E-state index contributed by atoms with van der Waals surface area (Å²) in [6, 6.07) is 5.00. The molecule has 1 aliphatic heterocycles. The van der Waals surface area contributed by atoms with Crippen molar-refractivity contribution in [2.45, 2.75) is 19.9 Å². The minimum atomic E-state index is 0.543. The molecule has 0 unspecified atom stereocenters. The number of aromatic nitrogens is 1. The second kappa shape index (κ2) is 4.83. The third-order valence-electron chi connectivity index (χ3n) is 3.30. The third kappa shape index (κ3) is 2.53. The standard InChI is InChI=1S/C13H22N3/c1-12(2)15-6-4-13(5-7-15)16-10-8-14(3)9-11-16/h4-7,12H,8-11H2,1-3H3/q+1. The summed E-state index contributed by atoms with van der Waals surface area (Å²) < 4.78 is 2.24. The maximum Gasteiger partial charge on any atom is 0.171 e. The molecule has 2 rings (SSSR count). The first-order chi connectivity index (χ1) is 7.66. The first-order valence-corrected chi connectivity index (χ1v) is 6.11. The summed E-state index contributed by atoms with van der Waals surface area (Å²) in [5.74, 6) is 0. The smallest absolute Gasteiger partial charge is 0.171 e. The number of hydrogen-bond acceptors (Lipinski definition) is 2. The molecule has 0 spiro atoms. The average Bonchev–Trinajstić information content (AvgIpc) is 2.30. The second-order valence-corrected chi connectivity index (χ2v) is 4.89. The minimum Gasteiger partial charge on any atom is -0.369 e. The van der Waals surface area contributed by atoms with E-state index in [1.54, 1.807) is 0 Å². The first kappa shape index (κ1) is 11.4. The second-order valence-electron chi connectivity index (χ2n) is 4.89. The van der Waals surface area contributed by atoms with Crippen molar-refractivity contribution in [2.24, 2.45) is 0 Å². The molecule has 0 atom stereocenters. The summed E-state index contributed by atoms with van der Waals surface area (Å²) in [5.41, 5.74) is 1.35. The van der Waals surface area contributed by atoms with Gasteiger partial charge in [0.25, 0.3) is 0 Å². The molecule has 1 fully saturated rings. The molecule has 1 saturated heterocycles. The zero-order valence-electron chi connectivity index (χ0n) is 10.6. The van der Waals surface area contributed by atoms with Crippen LogP contribution in [0.5, 0.6) is 0 Å². The van der Waals surface area contributed by atoms with Gasteiger partial charge in [-0.25, -0.2) is 4.57 Å². The summed E-state index contributed by atoms with van der Waals surface area (Å²) in [5, 5.41) is 0. The summed E-state index contributed by atoms with van der Waals surface area (Å²) >= 11 is 0. The molecule has 0 saturated carbocycles. The van der Waals surface area contributed by atoms with Crippen LogP contribution >= 0.6 is 0 Å². The highest BCUT2D eigenvalue weighted by Gasteiger charge is 2.15. The van der Waals surface area contributed by atoms with Crippen LogP contribution in [0.4, 0.5) is 5.69 Å². The van der Waals surface area contributed by atoms with Gasteiger partial charge in [-0.15, -0.1) is 0 Å². The molecule has 1 aliphatic rings. The Hall–Kier alpha value is -1.09. The van der Waals surface area contributed by atoms with Gasteiger partial charge in [0.15, 0.2) is 18.4 Å². The molecule has 0 N–H and O–H groups in total. The summed E-state index contributed by atoms with van der Waals surface area (Å²) in [6.07, 6.45) is 4.36. The van der Waals surface area contributed by atoms with Crippen LogP contribution in [0.2, 0.25) is 0 Å². The molecule has 1 aromatic rings. The molecule has 1 aromatic heterocycles. The lowest BCUT2D eigenvalue weighted by atomic mass is 10.2. The maximum atomic E-state index is 2.46. The Bertz CT molecular complexity index is 324. The predicted molar refractivity (Wildman–Crippen MR) is 66.7 cm³/mol. The predicted octanol–water partition coefficient (Wildman–Crippen LogP) is 1.31. The van der Waals surface area contributed by atoms with E-state index < -0.39 is 0 Å². The Morgan fingerprint density at radius 3 is 2.12 bits per heavy atom. The molecule has 16 heavy (non-hydrogen) atoms. The highest BCUT2D eigenvalue weighted by atomic mass is 15.2. The van der Waals surface area contributed by atoms with E-state index in [9.17, 15) is 0 Å². The zero-order chi connectivity index (χ0) is 11.5. The van der Waals surface area contributed by atoms with Crippen LogP contribution in [-0.4, -0.2) is 38.1 Å². The van der Waals surface area contributed by atoms with Gasteiger partial charge in [0, 0.05) is 44.0 Å². The van der Waals surface area contributed by atoms with Gasteiger partial charge < -0.3 is 9.80 Å². The van der Waals surface area contributed by atoms with Crippen LogP contribution in [0, 0.1) is 0 Å². The van der Waals surface area contributed by atoms with Crippen LogP contribution in [0.3, 0.4) is 0 Å². The van der Waals surface area contributed by atoms with Gasteiger partial charge in [-0.05, 0) is 20.9 Å². The van der Waals surface area contributed by atoms with Gasteiger partial charge in [0.05, 0.1) is 0 Å². The topological polar surface area (TPSA) is 10.4 Å². The number of rotatable bonds is 2. The van der Waals surface area contributed by atoms with Crippen molar-refractivity contribution in [1.29, 1.82) is 0 Å². The zero-order valence-corrected chi connectivity index (χ0v) is 10.6. The van der Waals surface area contributed by atoms with Crippen molar-refractivity contribution in [2.75, 3.05) is 38.1 Å². The summed E-state index contributed by atoms with van der Waals surface area (Å²) in [6.45, 7) is 9.02. The van der Waals surface area contributed by atoms with E-state index >= 15 is 0 Å². The number of pyridine rings is 1. The summed E-state index contributed by atoms with van der Waals surface area (Å²) in [4.78, 5) is 4.85. The largest absolute Gasteiger partial charge is 0.369 e. The maximum absolute atomic E-state index is 2.46. The van der Waals surface area contributed by atoms with Crippen molar-refractivity contribution in [3.63, 3.8) is 0 Å². The molecule has 3 nitrogen and oxygen atoms in total. The average molecular weight is 220 g/mol. The molecule has 0 radical (unpaired) electrons. The number of anilines is 1. The van der Waals surface area contributed by atoms with Crippen LogP contribution in [-0.2, 0) is 0 Å². The molecule has 0 bridgehead atoms. The molecule has 88 valence electrons. The Balaban J connectivity index is 2.04. The molecular weight excluding hydrogens is 198 g/mol. The third-order valence-corrected chi connectivity index (χ3v) is 3.30. The lowest BCUT2D eigenvalue weighted by Crippen LogP contribution is -2.45. The molecular formula is C13H22N3+. The fraction of sp³-hybridized carbons (Fsp3) is 0.615. The number of hydrogen-bond donors (Lipinski definition) is 0. The SMILES string of the molecule is CC(C)[n+]1ccc(N2CCN(C)CC2)cc1. The molecule has 0 aliphatic carbocycles. The van der Waals surface area contributed by atoms with E-state index in [1.807, 2.05) is 0 Å². The van der Waals surface area contributed by atoms with Crippen molar-refractivity contribution in [3.8, 4) is 0 Å². The Kier molecular flexibility index (Phi) is 3.44. The van der Waals surface area contributed by atoms with Crippen LogP contribution in [0.1, 0.15) is 19.9 Å². The van der Waals surface area contributed by atoms with E-state index in [2.05, 4.69) is 59.8 Å². The highest BCUT2D eigenvalue weighted by molar-refractivity contribution is 5.44. The van der Waals surface area contributed by atoms with Gasteiger partial charge in [0.2, 0.25) is 0 Å². The van der Waals surface area contributed by atoms with E-state index in [0.717, 1.165) is 13.1 Å². The van der Waals surface area contributed by atoms with E-state index in [1.165, 1.54) is 18.8 Å². The van der Waals surface area contributed by atoms with Gasteiger partial charge in [-0.3, -0.25) is 0 Å². The molecule has 2 heterocycles. The molecule has 0 amide bonds.